The zero-order valence-electron chi connectivity index (χ0n) is 6.72. The molecule has 0 aliphatic rings. The van der Waals surface area contributed by atoms with Crippen molar-refractivity contribution in [3.8, 4) is 0 Å². The molecule has 0 aromatic heterocycles. The van der Waals surface area contributed by atoms with Gasteiger partial charge >= 0.3 is 0 Å². The third-order valence-electron chi connectivity index (χ3n) is 1.26. The Hall–Kier alpha value is 1.06. The zero-order chi connectivity index (χ0) is 6.41. The van der Waals surface area contributed by atoms with Crippen LogP contribution in [0, 0.1) is 0 Å². The first kappa shape index (κ1) is 12.7. The fourth-order valence-electron chi connectivity index (χ4n) is 0.479. The maximum absolute atomic E-state index is 4.36. The Morgan fingerprint density at radius 3 is 2.22 bits per heavy atom. The Morgan fingerprint density at radius 1 is 1.33 bits per heavy atom. The normalized spacial score (nSPS) is 12.3. The van der Waals surface area contributed by atoms with Crippen LogP contribution in [0.4, 0.5) is 0 Å². The molecule has 0 fully saturated rings. The van der Waals surface area contributed by atoms with E-state index in [9.17, 15) is 0 Å². The van der Waals surface area contributed by atoms with Gasteiger partial charge in [0, 0.05) is 32.7 Å². The van der Waals surface area contributed by atoms with Crippen LogP contribution >= 0.6 is 0 Å². The van der Waals surface area contributed by atoms with E-state index in [1.54, 1.807) is 0 Å². The maximum atomic E-state index is 4.36. The van der Waals surface area contributed by atoms with Gasteiger partial charge in [-0.25, -0.2) is 0 Å². The molecule has 9 heavy (non-hydrogen) atoms. The van der Waals surface area contributed by atoms with Crippen molar-refractivity contribution in [3.63, 3.8) is 0 Å². The van der Waals surface area contributed by atoms with Gasteiger partial charge in [-0.05, 0) is 0 Å². The average Bonchev–Trinajstić information content (AvgIpc) is 1.83. The molecule has 0 heterocycles. The smallest absolute Gasteiger partial charge is 0 e. The van der Waals surface area contributed by atoms with E-state index in [1.165, 1.54) is 12.8 Å². The Kier molecular flexibility index (Phi) is 12.8. The molecular formula is C7H16NY-. The third-order valence-corrected chi connectivity index (χ3v) is 1.26. The first-order valence-electron chi connectivity index (χ1n) is 3.47. The largest absolute Gasteiger partial charge is 0.660 e. The van der Waals surface area contributed by atoms with Crippen LogP contribution in [-0.2, 0) is 32.7 Å². The zero-order valence-corrected chi connectivity index (χ0v) is 9.56. The predicted molar refractivity (Wildman–Crippen MR) is 38.3 cm³/mol. The van der Waals surface area contributed by atoms with Gasteiger partial charge in [0.25, 0.3) is 0 Å². The van der Waals surface area contributed by atoms with Crippen molar-refractivity contribution in [2.45, 2.75) is 39.7 Å². The summed E-state index contributed by atoms with van der Waals surface area (Å²) in [6.45, 7) is 7.53. The van der Waals surface area contributed by atoms with Gasteiger partial charge in [0.15, 0.2) is 0 Å². The summed E-state index contributed by atoms with van der Waals surface area (Å²) in [5.41, 5.74) is 0. The Bertz CT molecular complexity index is 48.2. The van der Waals surface area contributed by atoms with Crippen molar-refractivity contribution in [1.29, 1.82) is 0 Å². The minimum Gasteiger partial charge on any atom is -0.660 e. The standard InChI is InChI=1S/C7H16N.Y/c1-4-6-8-7(3)5-2;/h7H,4-6H2,1-3H3;/q-1;. The van der Waals surface area contributed by atoms with Crippen molar-refractivity contribution in [2.24, 2.45) is 0 Å². The summed E-state index contributed by atoms with van der Waals surface area (Å²) in [7, 11) is 0. The molecule has 0 aromatic rings. The summed E-state index contributed by atoms with van der Waals surface area (Å²) in [4.78, 5) is 0. The summed E-state index contributed by atoms with van der Waals surface area (Å²) in [5.74, 6) is 0. The van der Waals surface area contributed by atoms with Crippen LogP contribution < -0.4 is 0 Å². The number of rotatable bonds is 4. The fourth-order valence-corrected chi connectivity index (χ4v) is 0.479. The summed E-state index contributed by atoms with van der Waals surface area (Å²) in [6.07, 6.45) is 2.37. The van der Waals surface area contributed by atoms with E-state index < -0.39 is 0 Å². The predicted octanol–water partition coefficient (Wildman–Crippen LogP) is 2.57. The molecule has 53 valence electrons. The third kappa shape index (κ3) is 9.06. The topological polar surface area (TPSA) is 14.1 Å². The second-order valence-electron chi connectivity index (χ2n) is 2.16. The molecule has 0 bridgehead atoms. The van der Waals surface area contributed by atoms with Crippen LogP contribution in [0.15, 0.2) is 0 Å². The Balaban J connectivity index is 0. The molecule has 1 nitrogen and oxygen atoms in total. The van der Waals surface area contributed by atoms with E-state index in [-0.39, 0.29) is 32.7 Å². The molecule has 2 heteroatoms. The van der Waals surface area contributed by atoms with Crippen molar-refractivity contribution in [1.82, 2.24) is 0 Å². The first-order chi connectivity index (χ1) is 3.81. The van der Waals surface area contributed by atoms with Gasteiger partial charge in [-0.1, -0.05) is 33.6 Å². The van der Waals surface area contributed by atoms with Crippen LogP contribution in [0.5, 0.6) is 0 Å². The van der Waals surface area contributed by atoms with Crippen molar-refractivity contribution in [2.75, 3.05) is 6.54 Å². The van der Waals surface area contributed by atoms with Gasteiger partial charge in [0.1, 0.15) is 0 Å². The molecule has 0 N–H and O–H groups in total. The number of hydrogen-bond donors (Lipinski definition) is 0. The first-order valence-corrected chi connectivity index (χ1v) is 3.47. The van der Waals surface area contributed by atoms with Gasteiger partial charge in [0.2, 0.25) is 0 Å². The van der Waals surface area contributed by atoms with Crippen LogP contribution in [0.3, 0.4) is 0 Å². The molecule has 0 saturated heterocycles. The van der Waals surface area contributed by atoms with Crippen molar-refractivity contribution >= 4 is 0 Å². The molecule has 0 amide bonds. The number of nitrogens with zero attached hydrogens (tertiary/aromatic N) is 1. The van der Waals surface area contributed by atoms with Crippen molar-refractivity contribution in [3.05, 3.63) is 5.32 Å². The summed E-state index contributed by atoms with van der Waals surface area (Å²) < 4.78 is 0. The minimum atomic E-state index is 0. The van der Waals surface area contributed by atoms with E-state index >= 15 is 0 Å². The molecule has 0 aromatic carbocycles. The minimum absolute atomic E-state index is 0. The molecule has 0 spiro atoms. The molecule has 1 unspecified atom stereocenters. The summed E-state index contributed by atoms with van der Waals surface area (Å²) >= 11 is 0. The summed E-state index contributed by atoms with van der Waals surface area (Å²) in [5, 5.41) is 4.36. The molecule has 0 aliphatic heterocycles. The van der Waals surface area contributed by atoms with Crippen LogP contribution in [-0.4, -0.2) is 12.6 Å². The SMILES string of the molecule is CCC[N-]C(C)CC.[Y]. The van der Waals surface area contributed by atoms with Crippen molar-refractivity contribution < 1.29 is 32.7 Å². The monoisotopic (exact) mass is 203 g/mol. The second kappa shape index (κ2) is 9.06. The molecule has 0 rings (SSSR count). The van der Waals surface area contributed by atoms with E-state index in [1.807, 2.05) is 0 Å². The molecule has 1 radical (unpaired) electrons. The fraction of sp³-hybridized carbons (Fsp3) is 1.00. The maximum Gasteiger partial charge on any atom is 0 e. The summed E-state index contributed by atoms with van der Waals surface area (Å²) in [6, 6.07) is 0.579. The molecule has 1 atom stereocenters. The van der Waals surface area contributed by atoms with Crippen LogP contribution in [0.2, 0.25) is 0 Å². The quantitative estimate of drug-likeness (QED) is 0.666. The average molecular weight is 203 g/mol. The second-order valence-corrected chi connectivity index (χ2v) is 2.16. The molecular weight excluding hydrogens is 187 g/mol. The van der Waals surface area contributed by atoms with E-state index in [0.29, 0.717) is 6.04 Å². The van der Waals surface area contributed by atoms with E-state index in [4.69, 9.17) is 0 Å². The Morgan fingerprint density at radius 2 is 1.89 bits per heavy atom. The number of hydrogen-bond acceptors (Lipinski definition) is 0. The van der Waals surface area contributed by atoms with Gasteiger partial charge < -0.3 is 5.32 Å². The van der Waals surface area contributed by atoms with Gasteiger partial charge in [-0.2, -0.15) is 0 Å². The Labute approximate surface area is 83.9 Å². The van der Waals surface area contributed by atoms with Crippen LogP contribution in [0.1, 0.15) is 33.6 Å². The van der Waals surface area contributed by atoms with E-state index in [0.717, 1.165) is 6.54 Å². The van der Waals surface area contributed by atoms with Gasteiger partial charge in [-0.3, -0.25) is 0 Å². The van der Waals surface area contributed by atoms with Gasteiger partial charge in [-0.15, -0.1) is 12.6 Å². The molecule has 0 saturated carbocycles. The van der Waals surface area contributed by atoms with E-state index in [2.05, 4.69) is 26.1 Å². The molecule has 0 aliphatic carbocycles. The van der Waals surface area contributed by atoms with Gasteiger partial charge in [0.05, 0.1) is 0 Å². The van der Waals surface area contributed by atoms with Crippen LogP contribution in [0.25, 0.3) is 5.32 Å².